The molecule has 0 spiro atoms. The molecule has 0 bridgehead atoms. The Morgan fingerprint density at radius 2 is 1.37 bits per heavy atom. The third-order valence-electron chi connectivity index (χ3n) is 4.87. The molecule has 0 amide bonds. The Morgan fingerprint density at radius 1 is 0.852 bits per heavy atom. The highest BCUT2D eigenvalue weighted by atomic mass is 32.1. The van der Waals surface area contributed by atoms with E-state index < -0.39 is 0 Å². The first kappa shape index (κ1) is 19.6. The summed E-state index contributed by atoms with van der Waals surface area (Å²) < 4.78 is 0. The van der Waals surface area contributed by atoms with Gasteiger partial charge in [-0.3, -0.25) is 0 Å². The van der Waals surface area contributed by atoms with Crippen LogP contribution in [0.25, 0.3) is 0 Å². The van der Waals surface area contributed by atoms with Gasteiger partial charge in [0.2, 0.25) is 0 Å². The van der Waals surface area contributed by atoms with Crippen molar-refractivity contribution < 1.29 is 5.32 Å². The van der Waals surface area contributed by atoms with Crippen LogP contribution in [0.5, 0.6) is 0 Å². The Bertz CT molecular complexity index is 753. The molecular formula is C22H31N4S+. The number of nitrogens with one attached hydrogen (secondary N) is 3. The summed E-state index contributed by atoms with van der Waals surface area (Å²) in [4.78, 5) is 0. The van der Waals surface area contributed by atoms with E-state index in [0.29, 0.717) is 11.2 Å². The van der Waals surface area contributed by atoms with Crippen molar-refractivity contribution in [3.63, 3.8) is 0 Å². The molecule has 2 aromatic carbocycles. The smallest absolute Gasteiger partial charge is 0.171 e. The highest BCUT2D eigenvalue weighted by Gasteiger charge is 2.41. The van der Waals surface area contributed by atoms with E-state index in [4.69, 9.17) is 12.2 Å². The maximum atomic E-state index is 5.56. The van der Waals surface area contributed by atoms with Gasteiger partial charge in [-0.15, -0.1) is 0 Å². The summed E-state index contributed by atoms with van der Waals surface area (Å²) in [6.45, 7) is 9.21. The molecule has 0 saturated carbocycles. The first-order chi connectivity index (χ1) is 12.7. The molecule has 1 saturated heterocycles. The first-order valence-electron chi connectivity index (χ1n) is 9.58. The highest BCUT2D eigenvalue weighted by molar-refractivity contribution is 7.80. The number of anilines is 3. The first-order valence-corrected chi connectivity index (χ1v) is 9.98. The summed E-state index contributed by atoms with van der Waals surface area (Å²) in [5.74, 6) is 0. The van der Waals surface area contributed by atoms with Crippen LogP contribution < -0.4 is 21.3 Å². The molecule has 5 N–H and O–H groups in total. The van der Waals surface area contributed by atoms with E-state index in [1.807, 2.05) is 30.3 Å². The molecule has 0 atom stereocenters. The molecule has 5 heteroatoms. The lowest BCUT2D eigenvalue weighted by Crippen LogP contribution is -3.06. The zero-order chi connectivity index (χ0) is 19.5. The Balaban J connectivity index is 1.55. The van der Waals surface area contributed by atoms with Gasteiger partial charge in [-0.25, -0.2) is 0 Å². The van der Waals surface area contributed by atoms with E-state index in [2.05, 4.69) is 73.2 Å². The van der Waals surface area contributed by atoms with E-state index in [1.54, 1.807) is 0 Å². The summed E-state index contributed by atoms with van der Waals surface area (Å²) >= 11 is 5.56. The topological polar surface area (TPSA) is 52.7 Å². The van der Waals surface area contributed by atoms with Gasteiger partial charge in [0.1, 0.15) is 0 Å². The molecule has 2 aromatic rings. The third-order valence-corrected chi connectivity index (χ3v) is 5.09. The van der Waals surface area contributed by atoms with Crippen molar-refractivity contribution in [2.24, 2.45) is 0 Å². The Hall–Kier alpha value is -2.11. The number of hydrogen-bond donors (Lipinski definition) is 4. The standard InChI is InChI=1S/C22H30N4S/c1-21(2)14-19(15-22(3,4)26-21)25-20(27)24-18-12-10-17(11-13-18)23-16-8-6-5-7-9-16/h5-13,19,23,26H,14-15H2,1-4H3,(H2,24,25,27)/p+1. The quantitative estimate of drug-likeness (QED) is 0.603. The maximum absolute atomic E-state index is 5.56. The second-order valence-corrected chi connectivity index (χ2v) is 9.30. The summed E-state index contributed by atoms with van der Waals surface area (Å²) in [6.07, 6.45) is 2.19. The fourth-order valence-corrected chi connectivity index (χ4v) is 4.58. The molecule has 0 aromatic heterocycles. The Kier molecular flexibility index (Phi) is 5.72. The van der Waals surface area contributed by atoms with E-state index in [-0.39, 0.29) is 11.1 Å². The number of rotatable bonds is 4. The number of benzene rings is 2. The molecule has 0 radical (unpaired) electrons. The molecular weight excluding hydrogens is 352 g/mol. The van der Waals surface area contributed by atoms with Crippen molar-refractivity contribution in [1.82, 2.24) is 5.32 Å². The highest BCUT2D eigenvalue weighted by Crippen LogP contribution is 2.22. The number of piperidine rings is 1. The molecule has 144 valence electrons. The van der Waals surface area contributed by atoms with Gasteiger partial charge in [0.05, 0.1) is 11.1 Å². The number of hydrogen-bond acceptors (Lipinski definition) is 2. The van der Waals surface area contributed by atoms with Gasteiger partial charge in [-0.1, -0.05) is 18.2 Å². The molecule has 4 nitrogen and oxygen atoms in total. The average Bonchev–Trinajstić information content (AvgIpc) is 2.54. The van der Waals surface area contributed by atoms with Crippen LogP contribution in [0.15, 0.2) is 54.6 Å². The largest absolute Gasteiger partial charge is 0.359 e. The molecule has 0 aliphatic carbocycles. The number of nitrogens with two attached hydrogens (primary N) is 1. The Labute approximate surface area is 168 Å². The van der Waals surface area contributed by atoms with Crippen molar-refractivity contribution in [2.75, 3.05) is 10.6 Å². The molecule has 1 aliphatic rings. The average molecular weight is 384 g/mol. The van der Waals surface area contributed by atoms with Crippen LogP contribution in [0.2, 0.25) is 0 Å². The lowest BCUT2D eigenvalue weighted by atomic mass is 9.80. The van der Waals surface area contributed by atoms with Crippen LogP contribution >= 0.6 is 12.2 Å². The van der Waals surface area contributed by atoms with Crippen molar-refractivity contribution >= 4 is 34.4 Å². The van der Waals surface area contributed by atoms with Crippen LogP contribution in [0.1, 0.15) is 40.5 Å². The van der Waals surface area contributed by atoms with Crippen LogP contribution in [-0.2, 0) is 0 Å². The van der Waals surface area contributed by atoms with Crippen LogP contribution in [-0.4, -0.2) is 22.2 Å². The summed E-state index contributed by atoms with van der Waals surface area (Å²) in [5, 5.41) is 13.4. The number of quaternary nitrogens is 1. The van der Waals surface area contributed by atoms with Crippen molar-refractivity contribution in [2.45, 2.75) is 57.7 Å². The summed E-state index contributed by atoms with van der Waals surface area (Å²) in [7, 11) is 0. The predicted molar refractivity (Wildman–Crippen MR) is 119 cm³/mol. The molecule has 1 heterocycles. The fraction of sp³-hybridized carbons (Fsp3) is 0.409. The van der Waals surface area contributed by atoms with Gasteiger partial charge in [0.25, 0.3) is 0 Å². The second-order valence-electron chi connectivity index (χ2n) is 8.89. The van der Waals surface area contributed by atoms with Gasteiger partial charge in [0, 0.05) is 35.9 Å². The molecule has 0 unspecified atom stereocenters. The SMILES string of the molecule is CC1(C)CC(NC(=S)Nc2ccc(Nc3ccccc3)cc2)CC(C)(C)[NH2+]1. The fourth-order valence-electron chi connectivity index (χ4n) is 4.30. The normalized spacial score (nSPS) is 18.5. The lowest BCUT2D eigenvalue weighted by molar-refractivity contribution is -0.787. The molecule has 27 heavy (non-hydrogen) atoms. The van der Waals surface area contributed by atoms with Crippen LogP contribution in [0.4, 0.5) is 17.1 Å². The van der Waals surface area contributed by atoms with Gasteiger partial charge in [0.15, 0.2) is 5.11 Å². The van der Waals surface area contributed by atoms with Crippen molar-refractivity contribution in [3.05, 3.63) is 54.6 Å². The Morgan fingerprint density at radius 3 is 1.96 bits per heavy atom. The minimum Gasteiger partial charge on any atom is -0.359 e. The molecule has 3 rings (SSSR count). The minimum absolute atomic E-state index is 0.222. The van der Waals surface area contributed by atoms with Gasteiger partial charge < -0.3 is 21.3 Å². The van der Waals surface area contributed by atoms with Gasteiger partial charge >= 0.3 is 0 Å². The molecule has 1 aliphatic heterocycles. The van der Waals surface area contributed by atoms with E-state index in [9.17, 15) is 0 Å². The van der Waals surface area contributed by atoms with E-state index in [1.165, 1.54) is 0 Å². The number of para-hydroxylation sites is 1. The van der Waals surface area contributed by atoms with E-state index >= 15 is 0 Å². The summed E-state index contributed by atoms with van der Waals surface area (Å²) in [5.41, 5.74) is 3.57. The summed E-state index contributed by atoms with van der Waals surface area (Å²) in [6, 6.07) is 18.7. The zero-order valence-electron chi connectivity index (χ0n) is 16.7. The van der Waals surface area contributed by atoms with Crippen LogP contribution in [0.3, 0.4) is 0 Å². The van der Waals surface area contributed by atoms with Crippen molar-refractivity contribution in [3.8, 4) is 0 Å². The second kappa shape index (κ2) is 7.87. The van der Waals surface area contributed by atoms with Crippen LogP contribution in [0, 0.1) is 0 Å². The van der Waals surface area contributed by atoms with E-state index in [0.717, 1.165) is 29.9 Å². The lowest BCUT2D eigenvalue weighted by Gasteiger charge is -2.43. The predicted octanol–water partition coefficient (Wildman–Crippen LogP) is 4.00. The number of thiocarbonyl (C=S) groups is 1. The maximum Gasteiger partial charge on any atom is 0.171 e. The monoisotopic (exact) mass is 383 g/mol. The van der Waals surface area contributed by atoms with Gasteiger partial charge in [-0.2, -0.15) is 0 Å². The minimum atomic E-state index is 0.222. The van der Waals surface area contributed by atoms with Gasteiger partial charge in [-0.05, 0) is 76.3 Å². The molecule has 1 fully saturated rings. The zero-order valence-corrected chi connectivity index (χ0v) is 17.5. The third kappa shape index (κ3) is 5.94. The van der Waals surface area contributed by atoms with Crippen molar-refractivity contribution in [1.29, 1.82) is 0 Å².